The van der Waals surface area contributed by atoms with Gasteiger partial charge < -0.3 is 10.6 Å². The number of likely N-dealkylation sites (N-methyl/N-ethyl adjacent to an activating group) is 1. The van der Waals surface area contributed by atoms with Crippen molar-refractivity contribution in [2.45, 2.75) is 19.4 Å². The summed E-state index contributed by atoms with van der Waals surface area (Å²) in [6, 6.07) is 2.48. The second-order valence-corrected chi connectivity index (χ2v) is 3.17. The highest BCUT2D eigenvalue weighted by atomic mass is 15.1. The van der Waals surface area contributed by atoms with Gasteiger partial charge in [-0.25, -0.2) is 0 Å². The summed E-state index contributed by atoms with van der Waals surface area (Å²) in [5.74, 6) is 0.152. The SMILES string of the molecule is CCN1CC(C#N)C[C@@H](N)C1. The lowest BCUT2D eigenvalue weighted by Gasteiger charge is -2.32. The monoisotopic (exact) mass is 153 g/mol. The topological polar surface area (TPSA) is 53.0 Å². The molecule has 1 aliphatic heterocycles. The molecule has 0 aromatic heterocycles. The summed E-state index contributed by atoms with van der Waals surface area (Å²) in [5.41, 5.74) is 5.77. The van der Waals surface area contributed by atoms with Crippen LogP contribution in [0.2, 0.25) is 0 Å². The van der Waals surface area contributed by atoms with Gasteiger partial charge in [-0.05, 0) is 13.0 Å². The van der Waals surface area contributed by atoms with E-state index in [1.165, 1.54) is 0 Å². The van der Waals surface area contributed by atoms with Gasteiger partial charge in [0, 0.05) is 19.1 Å². The van der Waals surface area contributed by atoms with Gasteiger partial charge in [0.25, 0.3) is 0 Å². The molecular weight excluding hydrogens is 138 g/mol. The average molecular weight is 153 g/mol. The molecule has 0 aromatic carbocycles. The van der Waals surface area contributed by atoms with Gasteiger partial charge in [-0.15, -0.1) is 0 Å². The van der Waals surface area contributed by atoms with Crippen LogP contribution >= 0.6 is 0 Å². The Labute approximate surface area is 67.8 Å². The molecule has 1 unspecified atom stereocenters. The lowest BCUT2D eigenvalue weighted by Crippen LogP contribution is -2.46. The maximum absolute atomic E-state index is 8.69. The van der Waals surface area contributed by atoms with Crippen molar-refractivity contribution >= 4 is 0 Å². The molecule has 2 atom stereocenters. The number of nitriles is 1. The first kappa shape index (κ1) is 8.51. The highest BCUT2D eigenvalue weighted by molar-refractivity contribution is 4.92. The second kappa shape index (κ2) is 3.70. The van der Waals surface area contributed by atoms with Gasteiger partial charge in [0.05, 0.1) is 12.0 Å². The molecule has 1 rings (SSSR count). The van der Waals surface area contributed by atoms with E-state index in [9.17, 15) is 0 Å². The number of nitrogens with zero attached hydrogens (tertiary/aromatic N) is 2. The average Bonchev–Trinajstić information content (AvgIpc) is 2.03. The fourth-order valence-electron chi connectivity index (χ4n) is 1.58. The molecule has 62 valence electrons. The molecule has 2 N–H and O–H groups in total. The van der Waals surface area contributed by atoms with Gasteiger partial charge in [-0.1, -0.05) is 6.92 Å². The Morgan fingerprint density at radius 2 is 2.36 bits per heavy atom. The first-order chi connectivity index (χ1) is 5.26. The van der Waals surface area contributed by atoms with E-state index in [0.717, 1.165) is 26.1 Å². The Morgan fingerprint density at radius 1 is 1.64 bits per heavy atom. The van der Waals surface area contributed by atoms with E-state index < -0.39 is 0 Å². The molecule has 1 aliphatic rings. The highest BCUT2D eigenvalue weighted by Crippen LogP contribution is 2.13. The Hall–Kier alpha value is -0.590. The molecule has 0 aromatic rings. The Bertz CT molecular complexity index is 161. The lowest BCUT2D eigenvalue weighted by molar-refractivity contribution is 0.189. The van der Waals surface area contributed by atoms with Crippen molar-refractivity contribution < 1.29 is 0 Å². The lowest BCUT2D eigenvalue weighted by atomic mass is 9.96. The molecule has 0 spiro atoms. The van der Waals surface area contributed by atoms with Gasteiger partial charge >= 0.3 is 0 Å². The van der Waals surface area contributed by atoms with Crippen molar-refractivity contribution in [3.8, 4) is 6.07 Å². The van der Waals surface area contributed by atoms with E-state index in [-0.39, 0.29) is 12.0 Å². The summed E-state index contributed by atoms with van der Waals surface area (Å²) in [6.45, 7) is 4.97. The molecule has 1 saturated heterocycles. The van der Waals surface area contributed by atoms with Crippen molar-refractivity contribution in [1.82, 2.24) is 4.90 Å². The normalized spacial score (nSPS) is 33.2. The zero-order valence-corrected chi connectivity index (χ0v) is 6.95. The standard InChI is InChI=1S/C8H15N3/c1-2-11-5-7(4-9)3-8(10)6-11/h7-8H,2-3,5-6,10H2,1H3/t7?,8-/m1/s1. The van der Waals surface area contributed by atoms with Gasteiger partial charge in [0.1, 0.15) is 0 Å². The van der Waals surface area contributed by atoms with Crippen molar-refractivity contribution in [3.05, 3.63) is 0 Å². The minimum Gasteiger partial charge on any atom is -0.326 e. The fraction of sp³-hybridized carbons (Fsp3) is 0.875. The Morgan fingerprint density at radius 3 is 2.91 bits per heavy atom. The van der Waals surface area contributed by atoms with Crippen molar-refractivity contribution in [1.29, 1.82) is 5.26 Å². The number of piperidine rings is 1. The van der Waals surface area contributed by atoms with Crippen molar-refractivity contribution in [2.24, 2.45) is 11.7 Å². The fourth-order valence-corrected chi connectivity index (χ4v) is 1.58. The van der Waals surface area contributed by atoms with Crippen LogP contribution in [0.4, 0.5) is 0 Å². The van der Waals surface area contributed by atoms with E-state index in [1.807, 2.05) is 0 Å². The molecule has 11 heavy (non-hydrogen) atoms. The molecule has 0 saturated carbocycles. The molecule has 1 fully saturated rings. The summed E-state index contributed by atoms with van der Waals surface area (Å²) in [5, 5.41) is 8.69. The zero-order chi connectivity index (χ0) is 8.27. The zero-order valence-electron chi connectivity index (χ0n) is 6.95. The number of likely N-dealkylation sites (tertiary alicyclic amines) is 1. The van der Waals surface area contributed by atoms with E-state index in [2.05, 4.69) is 17.9 Å². The maximum Gasteiger partial charge on any atom is 0.0669 e. The predicted molar refractivity (Wildman–Crippen MR) is 43.8 cm³/mol. The smallest absolute Gasteiger partial charge is 0.0669 e. The quantitative estimate of drug-likeness (QED) is 0.584. The van der Waals surface area contributed by atoms with E-state index in [1.54, 1.807) is 0 Å². The van der Waals surface area contributed by atoms with E-state index in [0.29, 0.717) is 0 Å². The third-order valence-corrected chi connectivity index (χ3v) is 2.19. The molecule has 0 radical (unpaired) electrons. The van der Waals surface area contributed by atoms with Crippen LogP contribution in [-0.2, 0) is 0 Å². The van der Waals surface area contributed by atoms with Crippen LogP contribution in [0.25, 0.3) is 0 Å². The summed E-state index contributed by atoms with van der Waals surface area (Å²) < 4.78 is 0. The van der Waals surface area contributed by atoms with Crippen LogP contribution in [0.1, 0.15) is 13.3 Å². The Balaban J connectivity index is 2.45. The third-order valence-electron chi connectivity index (χ3n) is 2.19. The molecule has 0 aliphatic carbocycles. The van der Waals surface area contributed by atoms with Crippen LogP contribution in [0.5, 0.6) is 0 Å². The van der Waals surface area contributed by atoms with Gasteiger partial charge in [-0.3, -0.25) is 0 Å². The molecule has 0 bridgehead atoms. The van der Waals surface area contributed by atoms with Crippen LogP contribution in [-0.4, -0.2) is 30.6 Å². The number of hydrogen-bond acceptors (Lipinski definition) is 3. The number of hydrogen-bond donors (Lipinski definition) is 1. The summed E-state index contributed by atoms with van der Waals surface area (Å²) in [7, 11) is 0. The maximum atomic E-state index is 8.69. The predicted octanol–water partition coefficient (Wildman–Crippen LogP) is 0.179. The first-order valence-corrected chi connectivity index (χ1v) is 4.13. The van der Waals surface area contributed by atoms with Crippen LogP contribution in [0.3, 0.4) is 0 Å². The Kier molecular flexibility index (Phi) is 2.86. The minimum atomic E-state index is 0.152. The van der Waals surface area contributed by atoms with Crippen molar-refractivity contribution in [3.63, 3.8) is 0 Å². The number of nitrogens with two attached hydrogens (primary N) is 1. The minimum absolute atomic E-state index is 0.152. The van der Waals surface area contributed by atoms with Crippen LogP contribution < -0.4 is 5.73 Å². The molecule has 3 nitrogen and oxygen atoms in total. The first-order valence-electron chi connectivity index (χ1n) is 4.13. The summed E-state index contributed by atoms with van der Waals surface area (Å²) in [4.78, 5) is 2.24. The van der Waals surface area contributed by atoms with Gasteiger partial charge in [-0.2, -0.15) is 5.26 Å². The largest absolute Gasteiger partial charge is 0.326 e. The number of rotatable bonds is 1. The molecule has 1 heterocycles. The van der Waals surface area contributed by atoms with Crippen LogP contribution in [0.15, 0.2) is 0 Å². The van der Waals surface area contributed by atoms with E-state index >= 15 is 0 Å². The molecule has 0 amide bonds. The van der Waals surface area contributed by atoms with Crippen molar-refractivity contribution in [2.75, 3.05) is 19.6 Å². The highest BCUT2D eigenvalue weighted by Gasteiger charge is 2.23. The second-order valence-electron chi connectivity index (χ2n) is 3.17. The van der Waals surface area contributed by atoms with Gasteiger partial charge in [0.15, 0.2) is 0 Å². The molecule has 3 heteroatoms. The van der Waals surface area contributed by atoms with Crippen LogP contribution in [0, 0.1) is 17.2 Å². The third kappa shape index (κ3) is 2.18. The summed E-state index contributed by atoms with van der Waals surface area (Å²) in [6.07, 6.45) is 0.868. The summed E-state index contributed by atoms with van der Waals surface area (Å²) >= 11 is 0. The van der Waals surface area contributed by atoms with Gasteiger partial charge in [0.2, 0.25) is 0 Å². The van der Waals surface area contributed by atoms with E-state index in [4.69, 9.17) is 11.0 Å². The molecular formula is C8H15N3.